The zero-order valence-corrected chi connectivity index (χ0v) is 24.9. The molecule has 1 atom stereocenters. The summed E-state index contributed by atoms with van der Waals surface area (Å²) in [5, 5.41) is 11.7. The number of aliphatic carboxylic acids is 1. The van der Waals surface area contributed by atoms with E-state index in [-0.39, 0.29) is 34.5 Å². The number of alkyl halides is 3. The largest absolute Gasteiger partial charge is 0.481 e. The van der Waals surface area contributed by atoms with Crippen molar-refractivity contribution in [2.24, 2.45) is 0 Å². The van der Waals surface area contributed by atoms with Gasteiger partial charge in [0.2, 0.25) is 0 Å². The highest BCUT2D eigenvalue weighted by molar-refractivity contribution is 7.16. The van der Waals surface area contributed by atoms with Gasteiger partial charge in [-0.25, -0.2) is 19.3 Å². The van der Waals surface area contributed by atoms with Crippen LogP contribution in [-0.2, 0) is 17.5 Å². The minimum Gasteiger partial charge on any atom is -0.481 e. The first kappa shape index (κ1) is 31.7. The number of thiazole rings is 1. The Kier molecular flexibility index (Phi) is 9.75. The van der Waals surface area contributed by atoms with Crippen LogP contribution < -0.4 is 10.2 Å². The topological polar surface area (TPSA) is 115 Å². The summed E-state index contributed by atoms with van der Waals surface area (Å²) in [6, 6.07) is 2.62. The summed E-state index contributed by atoms with van der Waals surface area (Å²) < 4.78 is 54.7. The Morgan fingerprint density at radius 3 is 2.50 bits per heavy atom. The van der Waals surface area contributed by atoms with E-state index in [2.05, 4.69) is 37.0 Å². The molecule has 2 fully saturated rings. The predicted molar refractivity (Wildman–Crippen MR) is 157 cm³/mol. The van der Waals surface area contributed by atoms with Crippen LogP contribution >= 0.6 is 11.3 Å². The number of amides is 1. The van der Waals surface area contributed by atoms with Crippen molar-refractivity contribution in [3.63, 3.8) is 0 Å². The maximum absolute atomic E-state index is 14.3. The maximum atomic E-state index is 14.3. The molecule has 0 spiro atoms. The second kappa shape index (κ2) is 13.5. The van der Waals surface area contributed by atoms with E-state index >= 15 is 0 Å². The van der Waals surface area contributed by atoms with Crippen molar-refractivity contribution in [1.29, 1.82) is 0 Å². The Morgan fingerprint density at radius 2 is 1.86 bits per heavy atom. The third kappa shape index (κ3) is 7.87. The van der Waals surface area contributed by atoms with E-state index in [0.29, 0.717) is 49.4 Å². The first-order valence-corrected chi connectivity index (χ1v) is 15.2. The highest BCUT2D eigenvalue weighted by Crippen LogP contribution is 2.38. The second-order valence-electron chi connectivity index (χ2n) is 11.0. The average Bonchev–Trinajstić information content (AvgIpc) is 3.57. The van der Waals surface area contributed by atoms with E-state index < -0.39 is 29.4 Å². The molecule has 10 nitrogen and oxygen atoms in total. The van der Waals surface area contributed by atoms with Gasteiger partial charge in [0.1, 0.15) is 17.3 Å². The van der Waals surface area contributed by atoms with E-state index in [1.165, 1.54) is 12.4 Å². The summed E-state index contributed by atoms with van der Waals surface area (Å²) in [4.78, 5) is 43.9. The summed E-state index contributed by atoms with van der Waals surface area (Å²) in [6.45, 7) is 6.89. The van der Waals surface area contributed by atoms with Crippen LogP contribution in [0.3, 0.4) is 0 Å². The summed E-state index contributed by atoms with van der Waals surface area (Å²) in [5.41, 5.74) is -0.890. The first-order valence-electron chi connectivity index (χ1n) is 14.4. The number of benzene rings is 1. The van der Waals surface area contributed by atoms with E-state index in [1.807, 2.05) is 4.90 Å². The zero-order valence-electron chi connectivity index (χ0n) is 24.1. The fraction of sp³-hybridized carbons (Fsp3) is 0.483. The van der Waals surface area contributed by atoms with Crippen molar-refractivity contribution in [2.45, 2.75) is 51.4 Å². The smallest absolute Gasteiger partial charge is 0.416 e. The second-order valence-corrected chi connectivity index (χ2v) is 12.1. The summed E-state index contributed by atoms with van der Waals surface area (Å²) in [6.07, 6.45) is 0.853. The molecule has 2 aliphatic rings. The Labute approximate surface area is 255 Å². The molecule has 1 amide bonds. The molecule has 5 rings (SSSR count). The molecule has 2 saturated heterocycles. The van der Waals surface area contributed by atoms with Gasteiger partial charge in [0.25, 0.3) is 5.91 Å². The van der Waals surface area contributed by atoms with Gasteiger partial charge in [0.05, 0.1) is 23.7 Å². The summed E-state index contributed by atoms with van der Waals surface area (Å²) in [5.74, 6) is -1.80. The quantitative estimate of drug-likeness (QED) is 0.298. The standard InChI is InChI=1S/C29H33F4N7O3S/c1-18-4-2-7-40(18)17-23-26(19-12-20(29(31,32)33)14-21(30)13-19)36-28(44-23)37-27(43)22-15-35-24(16-34-22)39-10-8-38(9-11-39)6-3-5-25(41)42/h12-16,18H,2-11,17H2,1H3,(H,41,42)(H,36,37,43)/t18-/m1/s1. The number of carboxylic acids is 1. The van der Waals surface area contributed by atoms with E-state index in [4.69, 9.17) is 5.11 Å². The SMILES string of the molecule is C[C@@H]1CCCN1Cc1sc(NC(=O)c2cnc(N3CCN(CCCC(=O)O)CC3)cn2)nc1-c1cc(F)cc(C(F)(F)F)c1. The Bertz CT molecular complexity index is 1480. The molecule has 0 radical (unpaired) electrons. The van der Waals surface area contributed by atoms with Gasteiger partial charge in [-0.15, -0.1) is 0 Å². The van der Waals surface area contributed by atoms with Crippen LogP contribution in [0.1, 0.15) is 53.5 Å². The van der Waals surface area contributed by atoms with E-state index in [9.17, 15) is 27.2 Å². The van der Waals surface area contributed by atoms with Crippen LogP contribution in [0.4, 0.5) is 28.5 Å². The maximum Gasteiger partial charge on any atom is 0.416 e. The molecule has 0 saturated carbocycles. The Hall–Kier alpha value is -3.69. The van der Waals surface area contributed by atoms with Gasteiger partial charge < -0.3 is 10.0 Å². The van der Waals surface area contributed by atoms with Gasteiger partial charge in [0.15, 0.2) is 5.13 Å². The van der Waals surface area contributed by atoms with Crippen molar-refractivity contribution >= 4 is 34.2 Å². The number of carbonyl (C=O) groups is 2. The van der Waals surface area contributed by atoms with E-state index in [1.54, 1.807) is 0 Å². The number of piperazine rings is 1. The van der Waals surface area contributed by atoms with Crippen LogP contribution in [0.25, 0.3) is 11.3 Å². The molecule has 15 heteroatoms. The molecule has 3 aromatic rings. The van der Waals surface area contributed by atoms with E-state index in [0.717, 1.165) is 55.9 Å². The number of rotatable bonds is 10. The molecule has 2 aromatic heterocycles. The van der Waals surface area contributed by atoms with Crippen LogP contribution in [0.2, 0.25) is 0 Å². The van der Waals surface area contributed by atoms with Gasteiger partial charge in [-0.2, -0.15) is 13.2 Å². The number of likely N-dealkylation sites (tertiary alicyclic amines) is 1. The van der Waals surface area contributed by atoms with Crippen molar-refractivity contribution in [3.8, 4) is 11.3 Å². The number of carboxylic acid groups (broad SMARTS) is 1. The molecule has 2 N–H and O–H groups in total. The number of hydrogen-bond acceptors (Lipinski definition) is 9. The lowest BCUT2D eigenvalue weighted by Crippen LogP contribution is -2.47. The number of nitrogens with zero attached hydrogens (tertiary/aromatic N) is 6. The van der Waals surface area contributed by atoms with Crippen molar-refractivity contribution < 1.29 is 32.3 Å². The molecule has 236 valence electrons. The van der Waals surface area contributed by atoms with Crippen LogP contribution in [-0.4, -0.2) is 87.0 Å². The summed E-state index contributed by atoms with van der Waals surface area (Å²) >= 11 is 1.14. The fourth-order valence-corrected chi connectivity index (χ4v) is 6.46. The minimum atomic E-state index is -4.73. The van der Waals surface area contributed by atoms with Gasteiger partial charge in [-0.1, -0.05) is 11.3 Å². The number of anilines is 2. The lowest BCUT2D eigenvalue weighted by Gasteiger charge is -2.35. The average molecular weight is 636 g/mol. The van der Waals surface area contributed by atoms with Crippen LogP contribution in [0.15, 0.2) is 30.6 Å². The van der Waals surface area contributed by atoms with Crippen molar-refractivity contribution in [1.82, 2.24) is 24.8 Å². The van der Waals surface area contributed by atoms with Gasteiger partial charge >= 0.3 is 12.1 Å². The molecule has 1 aromatic carbocycles. The molecule has 2 aliphatic heterocycles. The molecule has 44 heavy (non-hydrogen) atoms. The molecule has 0 unspecified atom stereocenters. The lowest BCUT2D eigenvalue weighted by molar-refractivity contribution is -0.138. The normalized spacial score (nSPS) is 18.1. The Morgan fingerprint density at radius 1 is 1.09 bits per heavy atom. The van der Waals surface area contributed by atoms with Crippen molar-refractivity contribution in [3.05, 3.63) is 52.5 Å². The molecular formula is C29H33F4N7O3S. The fourth-order valence-electron chi connectivity index (χ4n) is 5.46. The molecule has 0 aliphatic carbocycles. The predicted octanol–water partition coefficient (Wildman–Crippen LogP) is 4.98. The highest BCUT2D eigenvalue weighted by Gasteiger charge is 2.32. The highest BCUT2D eigenvalue weighted by atomic mass is 32.1. The molecular weight excluding hydrogens is 602 g/mol. The number of aromatic nitrogens is 3. The third-order valence-corrected chi connectivity index (χ3v) is 8.84. The lowest BCUT2D eigenvalue weighted by atomic mass is 10.1. The minimum absolute atomic E-state index is 0.0120. The monoisotopic (exact) mass is 635 g/mol. The number of hydrogen-bond donors (Lipinski definition) is 2. The summed E-state index contributed by atoms with van der Waals surface area (Å²) in [7, 11) is 0. The van der Waals surface area contributed by atoms with Gasteiger partial charge in [-0.05, 0) is 57.5 Å². The number of halogens is 4. The van der Waals surface area contributed by atoms with Crippen LogP contribution in [0, 0.1) is 5.82 Å². The first-order chi connectivity index (χ1) is 21.0. The zero-order chi connectivity index (χ0) is 31.4. The molecule has 0 bridgehead atoms. The molecule has 4 heterocycles. The Balaban J connectivity index is 1.28. The van der Waals surface area contributed by atoms with Crippen molar-refractivity contribution in [2.75, 3.05) is 49.5 Å². The third-order valence-electron chi connectivity index (χ3n) is 7.89. The number of nitrogens with one attached hydrogen (secondary N) is 1. The number of carbonyl (C=O) groups excluding carboxylic acids is 1. The van der Waals surface area contributed by atoms with Gasteiger partial charge in [-0.3, -0.25) is 24.7 Å². The van der Waals surface area contributed by atoms with Crippen LogP contribution in [0.5, 0.6) is 0 Å². The van der Waals surface area contributed by atoms with Gasteiger partial charge in [0, 0.05) is 55.6 Å².